The molecule has 2 aromatic heterocycles. The average Bonchev–Trinajstić information content (AvgIpc) is 3.04. The van der Waals surface area contributed by atoms with E-state index in [9.17, 15) is 9.59 Å². The number of anilines is 1. The predicted octanol–water partition coefficient (Wildman–Crippen LogP) is 3.42. The van der Waals surface area contributed by atoms with E-state index in [2.05, 4.69) is 22.5 Å². The van der Waals surface area contributed by atoms with Gasteiger partial charge in [0, 0.05) is 18.4 Å². The minimum absolute atomic E-state index is 0.214. The lowest BCUT2D eigenvalue weighted by atomic mass is 10.2. The van der Waals surface area contributed by atoms with Crippen LogP contribution in [0.1, 0.15) is 46.4 Å². The number of fused-ring (bicyclic) bond motifs is 1. The highest BCUT2D eigenvalue weighted by Gasteiger charge is 2.21. The first-order valence-corrected chi connectivity index (χ1v) is 8.74. The van der Waals surface area contributed by atoms with Crippen LogP contribution in [0.2, 0.25) is 0 Å². The van der Waals surface area contributed by atoms with Gasteiger partial charge >= 0.3 is 0 Å². The molecule has 0 saturated carbocycles. The maximum Gasteiger partial charge on any atom is 0.287 e. The van der Waals surface area contributed by atoms with Crippen molar-refractivity contribution in [1.82, 2.24) is 14.7 Å². The monoisotopic (exact) mass is 350 g/mol. The fourth-order valence-electron chi connectivity index (χ4n) is 2.72. The Balaban J connectivity index is 1.92. The number of carbonyl (C=O) groups excluding carboxylic acids is 2. The smallest absolute Gasteiger partial charge is 0.287 e. The molecule has 6 heteroatoms. The Morgan fingerprint density at radius 2 is 1.85 bits per heavy atom. The number of aryl methyl sites for hydroxylation is 1. The van der Waals surface area contributed by atoms with E-state index >= 15 is 0 Å². The van der Waals surface area contributed by atoms with Gasteiger partial charge in [0.1, 0.15) is 0 Å². The van der Waals surface area contributed by atoms with Crippen molar-refractivity contribution in [2.75, 3.05) is 11.9 Å². The number of nitrogens with one attached hydrogen (secondary N) is 2. The number of pyridine rings is 1. The van der Waals surface area contributed by atoms with Crippen LogP contribution in [0.5, 0.6) is 0 Å². The number of para-hydroxylation sites is 1. The standard InChI is InChI=1S/C20H22N4O2/c1-3-4-12-21-20(26)18-23-17(16-11-7-8-13-24(16)18)19(25)22-15-10-6-5-9-14(15)2/h5-11,13H,3-4,12H2,1-2H3,(H,21,26)(H,22,25). The number of amides is 2. The van der Waals surface area contributed by atoms with Crippen molar-refractivity contribution in [2.24, 2.45) is 0 Å². The fourth-order valence-corrected chi connectivity index (χ4v) is 2.72. The van der Waals surface area contributed by atoms with Crippen molar-refractivity contribution in [1.29, 1.82) is 0 Å². The van der Waals surface area contributed by atoms with Crippen molar-refractivity contribution in [3.05, 3.63) is 65.7 Å². The van der Waals surface area contributed by atoms with Gasteiger partial charge in [0.25, 0.3) is 11.8 Å². The minimum atomic E-state index is -0.337. The average molecular weight is 350 g/mol. The van der Waals surface area contributed by atoms with Gasteiger partial charge in [-0.3, -0.25) is 14.0 Å². The summed E-state index contributed by atoms with van der Waals surface area (Å²) >= 11 is 0. The minimum Gasteiger partial charge on any atom is -0.349 e. The van der Waals surface area contributed by atoms with E-state index in [0.29, 0.717) is 12.1 Å². The van der Waals surface area contributed by atoms with E-state index in [1.807, 2.05) is 37.3 Å². The maximum atomic E-state index is 12.8. The Morgan fingerprint density at radius 1 is 1.08 bits per heavy atom. The van der Waals surface area contributed by atoms with E-state index in [0.717, 1.165) is 24.1 Å². The summed E-state index contributed by atoms with van der Waals surface area (Å²) in [6.07, 6.45) is 3.63. The van der Waals surface area contributed by atoms with E-state index < -0.39 is 0 Å². The largest absolute Gasteiger partial charge is 0.349 e. The number of nitrogens with zero attached hydrogens (tertiary/aromatic N) is 2. The lowest BCUT2D eigenvalue weighted by Crippen LogP contribution is -2.26. The lowest BCUT2D eigenvalue weighted by Gasteiger charge is -2.06. The summed E-state index contributed by atoms with van der Waals surface area (Å²) in [4.78, 5) is 29.5. The Bertz CT molecular complexity index is 946. The highest BCUT2D eigenvalue weighted by atomic mass is 16.2. The van der Waals surface area contributed by atoms with Crippen molar-refractivity contribution >= 4 is 23.0 Å². The predicted molar refractivity (Wildman–Crippen MR) is 102 cm³/mol. The van der Waals surface area contributed by atoms with Crippen LogP contribution in [0.15, 0.2) is 48.7 Å². The molecule has 0 spiro atoms. The maximum absolute atomic E-state index is 12.8. The Kier molecular flexibility index (Phi) is 5.31. The molecule has 2 N–H and O–H groups in total. The first kappa shape index (κ1) is 17.7. The molecule has 0 atom stereocenters. The SMILES string of the molecule is CCCCNC(=O)c1nc(C(=O)Nc2ccccc2C)c2ccccn12. The molecule has 0 fully saturated rings. The summed E-state index contributed by atoms with van der Waals surface area (Å²) in [7, 11) is 0. The first-order chi connectivity index (χ1) is 12.6. The third-order valence-electron chi connectivity index (χ3n) is 4.18. The van der Waals surface area contributed by atoms with Crippen molar-refractivity contribution in [3.8, 4) is 0 Å². The summed E-state index contributed by atoms with van der Waals surface area (Å²) in [5, 5.41) is 5.73. The van der Waals surface area contributed by atoms with Crippen LogP contribution in [0.3, 0.4) is 0 Å². The molecule has 1 aromatic carbocycles. The van der Waals surface area contributed by atoms with Crippen LogP contribution in [0.25, 0.3) is 5.52 Å². The molecule has 3 aromatic rings. The number of hydrogen-bond donors (Lipinski definition) is 2. The molecule has 134 valence electrons. The molecule has 3 rings (SSSR count). The van der Waals surface area contributed by atoms with Gasteiger partial charge in [-0.05, 0) is 37.1 Å². The molecule has 0 saturated heterocycles. The highest BCUT2D eigenvalue weighted by molar-refractivity contribution is 6.09. The van der Waals surface area contributed by atoms with Gasteiger partial charge in [-0.1, -0.05) is 37.6 Å². The molecule has 26 heavy (non-hydrogen) atoms. The zero-order valence-corrected chi connectivity index (χ0v) is 15.0. The normalized spacial score (nSPS) is 10.7. The van der Waals surface area contributed by atoms with Crippen LogP contribution in [-0.2, 0) is 0 Å². The zero-order valence-electron chi connectivity index (χ0n) is 15.0. The first-order valence-electron chi connectivity index (χ1n) is 8.74. The number of carbonyl (C=O) groups is 2. The van der Waals surface area contributed by atoms with E-state index in [4.69, 9.17) is 0 Å². The fraction of sp³-hybridized carbons (Fsp3) is 0.250. The molecule has 0 aliphatic heterocycles. The number of aromatic nitrogens is 2. The van der Waals surface area contributed by atoms with E-state index in [1.54, 1.807) is 22.7 Å². The molecule has 2 heterocycles. The molecule has 0 bridgehead atoms. The van der Waals surface area contributed by atoms with Crippen molar-refractivity contribution in [2.45, 2.75) is 26.7 Å². The van der Waals surface area contributed by atoms with Gasteiger partial charge in [-0.15, -0.1) is 0 Å². The summed E-state index contributed by atoms with van der Waals surface area (Å²) < 4.78 is 1.65. The van der Waals surface area contributed by atoms with Crippen LogP contribution in [-0.4, -0.2) is 27.7 Å². The van der Waals surface area contributed by atoms with E-state index in [1.165, 1.54) is 0 Å². The Morgan fingerprint density at radius 3 is 2.62 bits per heavy atom. The summed E-state index contributed by atoms with van der Waals surface area (Å²) in [6.45, 7) is 4.57. The van der Waals surface area contributed by atoms with Crippen molar-refractivity contribution in [3.63, 3.8) is 0 Å². The Labute approximate surface area is 152 Å². The molecule has 6 nitrogen and oxygen atoms in total. The highest BCUT2D eigenvalue weighted by Crippen LogP contribution is 2.18. The second kappa shape index (κ2) is 7.82. The zero-order chi connectivity index (χ0) is 18.5. The van der Waals surface area contributed by atoms with Crippen LogP contribution < -0.4 is 10.6 Å². The molecule has 2 amide bonds. The van der Waals surface area contributed by atoms with Crippen LogP contribution in [0.4, 0.5) is 5.69 Å². The number of rotatable bonds is 6. The lowest BCUT2D eigenvalue weighted by molar-refractivity contribution is 0.0942. The molecular formula is C20H22N4O2. The third-order valence-corrected chi connectivity index (χ3v) is 4.18. The number of unbranched alkanes of at least 4 members (excludes halogenated alkanes) is 1. The van der Waals surface area contributed by atoms with Crippen molar-refractivity contribution < 1.29 is 9.59 Å². The van der Waals surface area contributed by atoms with Gasteiger partial charge in [0.05, 0.1) is 5.52 Å². The third kappa shape index (κ3) is 3.59. The second-order valence-electron chi connectivity index (χ2n) is 6.12. The van der Waals surface area contributed by atoms with Gasteiger partial charge in [-0.25, -0.2) is 4.98 Å². The molecule has 0 aliphatic carbocycles. The summed E-state index contributed by atoms with van der Waals surface area (Å²) in [6, 6.07) is 12.9. The second-order valence-corrected chi connectivity index (χ2v) is 6.12. The van der Waals surface area contributed by atoms with Crippen LogP contribution in [0, 0.1) is 6.92 Å². The number of benzene rings is 1. The number of hydrogen-bond acceptors (Lipinski definition) is 3. The quantitative estimate of drug-likeness (QED) is 0.669. The van der Waals surface area contributed by atoms with Gasteiger partial charge in [-0.2, -0.15) is 0 Å². The van der Waals surface area contributed by atoms with E-state index in [-0.39, 0.29) is 23.3 Å². The van der Waals surface area contributed by atoms with Gasteiger partial charge in [0.15, 0.2) is 5.69 Å². The summed E-state index contributed by atoms with van der Waals surface area (Å²) in [5.41, 5.74) is 2.51. The van der Waals surface area contributed by atoms with Gasteiger partial charge in [0.2, 0.25) is 5.82 Å². The summed E-state index contributed by atoms with van der Waals surface area (Å²) in [5.74, 6) is -0.406. The molecule has 0 radical (unpaired) electrons. The van der Waals surface area contributed by atoms with Gasteiger partial charge < -0.3 is 10.6 Å². The van der Waals surface area contributed by atoms with Crippen LogP contribution >= 0.6 is 0 Å². The molecular weight excluding hydrogens is 328 g/mol. The Hall–Kier alpha value is -3.15. The number of imidazole rings is 1. The molecule has 0 aliphatic rings. The molecule has 0 unspecified atom stereocenters. The topological polar surface area (TPSA) is 75.5 Å².